The SMILES string of the molecule is CCC(CC)C(=O)NCc1nc2ccccc2n1CCCOc1ccc(OC)cc1. The van der Waals surface area contributed by atoms with E-state index in [-0.39, 0.29) is 11.8 Å². The normalized spacial score (nSPS) is 11.1. The van der Waals surface area contributed by atoms with E-state index in [0.29, 0.717) is 13.2 Å². The molecular formula is C24H31N3O3. The van der Waals surface area contributed by atoms with E-state index < -0.39 is 0 Å². The van der Waals surface area contributed by atoms with E-state index in [1.54, 1.807) is 7.11 Å². The minimum absolute atomic E-state index is 0.0562. The van der Waals surface area contributed by atoms with Crippen LogP contribution in [0.25, 0.3) is 11.0 Å². The number of amides is 1. The van der Waals surface area contributed by atoms with Gasteiger partial charge in [-0.05, 0) is 55.7 Å². The first-order valence-corrected chi connectivity index (χ1v) is 10.6. The first-order valence-electron chi connectivity index (χ1n) is 10.6. The first-order chi connectivity index (χ1) is 14.7. The number of hydrogen-bond donors (Lipinski definition) is 1. The molecule has 0 radical (unpaired) electrons. The Hall–Kier alpha value is -3.02. The second kappa shape index (κ2) is 10.7. The van der Waals surface area contributed by atoms with Crippen molar-refractivity contribution >= 4 is 16.9 Å². The van der Waals surface area contributed by atoms with Gasteiger partial charge >= 0.3 is 0 Å². The van der Waals surface area contributed by atoms with E-state index in [1.165, 1.54) is 0 Å². The zero-order valence-electron chi connectivity index (χ0n) is 18.1. The lowest BCUT2D eigenvalue weighted by molar-refractivity contribution is -0.125. The fraction of sp³-hybridized carbons (Fsp3) is 0.417. The molecule has 3 rings (SSSR count). The Morgan fingerprint density at radius 1 is 1.07 bits per heavy atom. The zero-order valence-corrected chi connectivity index (χ0v) is 18.1. The number of fused-ring (bicyclic) bond motifs is 1. The molecule has 0 fully saturated rings. The summed E-state index contributed by atoms with van der Waals surface area (Å²) in [5.74, 6) is 2.67. The highest BCUT2D eigenvalue weighted by Crippen LogP contribution is 2.19. The van der Waals surface area contributed by atoms with Crippen LogP contribution in [0.3, 0.4) is 0 Å². The van der Waals surface area contributed by atoms with Crippen molar-refractivity contribution in [2.75, 3.05) is 13.7 Å². The lowest BCUT2D eigenvalue weighted by atomic mass is 10.0. The smallest absolute Gasteiger partial charge is 0.223 e. The van der Waals surface area contributed by atoms with Crippen molar-refractivity contribution in [2.45, 2.75) is 46.2 Å². The number of aryl methyl sites for hydroxylation is 1. The Balaban J connectivity index is 1.63. The third-order valence-electron chi connectivity index (χ3n) is 5.36. The van der Waals surface area contributed by atoms with E-state index in [9.17, 15) is 4.79 Å². The van der Waals surface area contributed by atoms with Gasteiger partial charge in [0.2, 0.25) is 5.91 Å². The Labute approximate surface area is 178 Å². The van der Waals surface area contributed by atoms with Crippen LogP contribution in [0, 0.1) is 5.92 Å². The van der Waals surface area contributed by atoms with Crippen molar-refractivity contribution in [3.8, 4) is 11.5 Å². The summed E-state index contributed by atoms with van der Waals surface area (Å²) in [6.07, 6.45) is 2.53. The zero-order chi connectivity index (χ0) is 21.3. The molecule has 160 valence electrons. The van der Waals surface area contributed by atoms with Gasteiger partial charge in [0.1, 0.15) is 17.3 Å². The Morgan fingerprint density at radius 3 is 2.47 bits per heavy atom. The number of aromatic nitrogens is 2. The average Bonchev–Trinajstić information content (AvgIpc) is 3.14. The maximum atomic E-state index is 12.4. The van der Waals surface area contributed by atoms with Gasteiger partial charge in [0.25, 0.3) is 0 Å². The van der Waals surface area contributed by atoms with Crippen molar-refractivity contribution < 1.29 is 14.3 Å². The summed E-state index contributed by atoms with van der Waals surface area (Å²) in [6, 6.07) is 15.7. The summed E-state index contributed by atoms with van der Waals surface area (Å²) in [6.45, 7) is 5.90. The highest BCUT2D eigenvalue weighted by atomic mass is 16.5. The molecule has 30 heavy (non-hydrogen) atoms. The molecule has 0 bridgehead atoms. The Kier molecular flexibility index (Phi) is 7.71. The summed E-state index contributed by atoms with van der Waals surface area (Å²) < 4.78 is 13.2. The van der Waals surface area contributed by atoms with E-state index >= 15 is 0 Å². The molecule has 0 saturated carbocycles. The van der Waals surface area contributed by atoms with Gasteiger partial charge in [0.15, 0.2) is 0 Å². The first kappa shape index (κ1) is 21.7. The van der Waals surface area contributed by atoms with Crippen LogP contribution in [0.2, 0.25) is 0 Å². The molecule has 6 nitrogen and oxygen atoms in total. The molecule has 0 spiro atoms. The maximum Gasteiger partial charge on any atom is 0.223 e. The van der Waals surface area contributed by atoms with Crippen molar-refractivity contribution in [1.29, 1.82) is 0 Å². The predicted octanol–water partition coefficient (Wildman–Crippen LogP) is 4.57. The quantitative estimate of drug-likeness (QED) is 0.471. The monoisotopic (exact) mass is 409 g/mol. The molecule has 1 N–H and O–H groups in total. The van der Waals surface area contributed by atoms with Crippen LogP contribution in [0.5, 0.6) is 11.5 Å². The minimum Gasteiger partial charge on any atom is -0.497 e. The largest absolute Gasteiger partial charge is 0.497 e. The summed E-state index contributed by atoms with van der Waals surface area (Å²) in [5, 5.41) is 3.06. The van der Waals surface area contributed by atoms with Crippen LogP contribution in [-0.2, 0) is 17.9 Å². The van der Waals surface area contributed by atoms with Crippen LogP contribution < -0.4 is 14.8 Å². The number of hydrogen-bond acceptors (Lipinski definition) is 4. The van der Waals surface area contributed by atoms with Gasteiger partial charge in [-0.25, -0.2) is 4.98 Å². The molecule has 0 saturated heterocycles. The molecule has 0 aliphatic rings. The Bertz CT molecular complexity index is 946. The molecular weight excluding hydrogens is 378 g/mol. The van der Waals surface area contributed by atoms with Gasteiger partial charge in [0.05, 0.1) is 31.3 Å². The van der Waals surface area contributed by atoms with Crippen molar-refractivity contribution in [2.24, 2.45) is 5.92 Å². The number of methoxy groups -OCH3 is 1. The molecule has 2 aromatic carbocycles. The number of nitrogens with one attached hydrogen (secondary N) is 1. The summed E-state index contributed by atoms with van der Waals surface area (Å²) in [7, 11) is 1.65. The van der Waals surface area contributed by atoms with E-state index in [2.05, 4.69) is 16.0 Å². The number of nitrogens with zero attached hydrogens (tertiary/aromatic N) is 2. The second-order valence-electron chi connectivity index (χ2n) is 7.28. The lowest BCUT2D eigenvalue weighted by Gasteiger charge is -2.14. The molecule has 0 aliphatic carbocycles. The standard InChI is InChI=1S/C24H31N3O3/c1-4-18(5-2)24(28)25-17-23-26-21-9-6-7-10-22(21)27(23)15-8-16-30-20-13-11-19(29-3)12-14-20/h6-7,9-14,18H,4-5,8,15-17H2,1-3H3,(H,25,28). The number of benzene rings is 2. The number of carbonyl (C=O) groups is 1. The van der Waals surface area contributed by atoms with E-state index in [0.717, 1.165) is 54.2 Å². The summed E-state index contributed by atoms with van der Waals surface area (Å²) in [4.78, 5) is 17.1. The van der Waals surface area contributed by atoms with Crippen molar-refractivity contribution in [3.05, 3.63) is 54.4 Å². The minimum atomic E-state index is 0.0562. The molecule has 1 heterocycles. The van der Waals surface area contributed by atoms with Crippen LogP contribution in [0.15, 0.2) is 48.5 Å². The topological polar surface area (TPSA) is 65.4 Å². The molecule has 3 aromatic rings. The van der Waals surface area contributed by atoms with Crippen LogP contribution in [0.1, 0.15) is 38.9 Å². The average molecular weight is 410 g/mol. The van der Waals surface area contributed by atoms with Gasteiger partial charge < -0.3 is 19.4 Å². The molecule has 6 heteroatoms. The number of imidazole rings is 1. The van der Waals surface area contributed by atoms with Crippen LogP contribution in [0.4, 0.5) is 0 Å². The predicted molar refractivity (Wildman–Crippen MR) is 119 cm³/mol. The highest BCUT2D eigenvalue weighted by Gasteiger charge is 2.16. The summed E-state index contributed by atoms with van der Waals surface area (Å²) >= 11 is 0. The number of rotatable bonds is 11. The molecule has 0 atom stereocenters. The molecule has 1 amide bonds. The van der Waals surface area contributed by atoms with Gasteiger partial charge in [-0.15, -0.1) is 0 Å². The van der Waals surface area contributed by atoms with E-state index in [1.807, 2.05) is 56.3 Å². The van der Waals surface area contributed by atoms with E-state index in [4.69, 9.17) is 14.5 Å². The third-order valence-corrected chi connectivity index (χ3v) is 5.36. The highest BCUT2D eigenvalue weighted by molar-refractivity contribution is 5.79. The number of para-hydroxylation sites is 2. The fourth-order valence-corrected chi connectivity index (χ4v) is 3.56. The van der Waals surface area contributed by atoms with Crippen LogP contribution >= 0.6 is 0 Å². The van der Waals surface area contributed by atoms with Gasteiger partial charge in [0, 0.05) is 12.5 Å². The molecule has 0 unspecified atom stereocenters. The fourth-order valence-electron chi connectivity index (χ4n) is 3.56. The number of carbonyl (C=O) groups excluding carboxylic acids is 1. The molecule has 1 aromatic heterocycles. The van der Waals surface area contributed by atoms with Crippen LogP contribution in [-0.4, -0.2) is 29.2 Å². The Morgan fingerprint density at radius 2 is 1.77 bits per heavy atom. The maximum absolute atomic E-state index is 12.4. The van der Waals surface area contributed by atoms with Gasteiger partial charge in [-0.1, -0.05) is 26.0 Å². The lowest BCUT2D eigenvalue weighted by Crippen LogP contribution is -2.30. The molecule has 0 aliphatic heterocycles. The van der Waals surface area contributed by atoms with Crippen molar-refractivity contribution in [3.63, 3.8) is 0 Å². The van der Waals surface area contributed by atoms with Crippen molar-refractivity contribution in [1.82, 2.24) is 14.9 Å². The van der Waals surface area contributed by atoms with Gasteiger partial charge in [-0.3, -0.25) is 4.79 Å². The third kappa shape index (κ3) is 5.32. The summed E-state index contributed by atoms with van der Waals surface area (Å²) in [5.41, 5.74) is 2.02. The van der Waals surface area contributed by atoms with Gasteiger partial charge in [-0.2, -0.15) is 0 Å². The second-order valence-corrected chi connectivity index (χ2v) is 7.28. The number of ether oxygens (including phenoxy) is 2.